The summed E-state index contributed by atoms with van der Waals surface area (Å²) in [5.74, 6) is 2.15. The number of para-hydroxylation sites is 3. The number of anilines is 1. The molecule has 0 saturated carbocycles. The highest BCUT2D eigenvalue weighted by Gasteiger charge is 2.21. The van der Waals surface area contributed by atoms with Gasteiger partial charge in [-0.05, 0) is 39.2 Å². The number of likely N-dealkylation sites (N-methyl/N-ethyl adjacent to an activating group) is 1. The third kappa shape index (κ3) is 6.52. The van der Waals surface area contributed by atoms with E-state index in [9.17, 15) is 5.11 Å². The Balaban J connectivity index is 1.63. The molecule has 7 nitrogen and oxygen atoms in total. The van der Waals surface area contributed by atoms with Crippen molar-refractivity contribution in [2.75, 3.05) is 64.9 Å². The minimum absolute atomic E-state index is 0.336. The highest BCUT2D eigenvalue weighted by molar-refractivity contribution is 5.80. The number of hydrogen-bond donors (Lipinski definition) is 2. The first-order chi connectivity index (χ1) is 15.1. The Morgan fingerprint density at radius 1 is 1.06 bits per heavy atom. The van der Waals surface area contributed by atoms with Crippen LogP contribution in [-0.4, -0.2) is 80.8 Å². The second-order valence-electron chi connectivity index (χ2n) is 7.89. The molecule has 7 heteroatoms. The molecule has 2 aromatic carbocycles. The van der Waals surface area contributed by atoms with Gasteiger partial charge in [0.2, 0.25) is 0 Å². The van der Waals surface area contributed by atoms with Crippen molar-refractivity contribution in [3.8, 4) is 11.5 Å². The Hall–Kier alpha value is -2.93. The van der Waals surface area contributed by atoms with E-state index >= 15 is 0 Å². The topological polar surface area (TPSA) is 63.6 Å². The Morgan fingerprint density at radius 3 is 2.48 bits per heavy atom. The van der Waals surface area contributed by atoms with Crippen LogP contribution in [0.5, 0.6) is 11.5 Å². The maximum atomic E-state index is 10.1. The second kappa shape index (κ2) is 11.5. The molecule has 0 aromatic heterocycles. The summed E-state index contributed by atoms with van der Waals surface area (Å²) in [6.07, 6.45) is 0. The summed E-state index contributed by atoms with van der Waals surface area (Å²) in [6.45, 7) is 8.38. The van der Waals surface area contributed by atoms with E-state index in [1.165, 1.54) is 0 Å². The van der Waals surface area contributed by atoms with Crippen LogP contribution in [0.1, 0.15) is 12.5 Å². The van der Waals surface area contributed by atoms with Crippen molar-refractivity contribution in [1.29, 1.82) is 0 Å². The van der Waals surface area contributed by atoms with E-state index in [2.05, 4.69) is 33.0 Å². The smallest absolute Gasteiger partial charge is 0.194 e. The fourth-order valence-electron chi connectivity index (χ4n) is 3.59. The summed E-state index contributed by atoms with van der Waals surface area (Å²) in [7, 11) is 4.09. The van der Waals surface area contributed by atoms with Crippen molar-refractivity contribution in [2.24, 2.45) is 4.99 Å². The van der Waals surface area contributed by atoms with Crippen molar-refractivity contribution in [3.05, 3.63) is 54.1 Å². The fraction of sp³-hybridized carbons (Fsp3) is 0.458. The predicted molar refractivity (Wildman–Crippen MR) is 127 cm³/mol. The largest absolute Gasteiger partial charge is 0.506 e. The molecule has 1 aliphatic rings. The number of guanidine groups is 1. The van der Waals surface area contributed by atoms with Gasteiger partial charge in [-0.2, -0.15) is 0 Å². The third-order valence-corrected chi connectivity index (χ3v) is 5.30. The van der Waals surface area contributed by atoms with Crippen LogP contribution in [0.2, 0.25) is 0 Å². The Morgan fingerprint density at radius 2 is 1.77 bits per heavy atom. The maximum absolute atomic E-state index is 10.1. The normalized spacial score (nSPS) is 14.8. The number of phenolic OH excluding ortho intramolecular Hbond substituents is 1. The molecular weight excluding hydrogens is 390 g/mol. The van der Waals surface area contributed by atoms with E-state index in [4.69, 9.17) is 9.73 Å². The number of aliphatic imine (C=N–C) groups is 1. The van der Waals surface area contributed by atoms with Gasteiger partial charge in [-0.15, -0.1) is 0 Å². The number of rotatable bonds is 8. The Kier molecular flexibility index (Phi) is 8.41. The van der Waals surface area contributed by atoms with Gasteiger partial charge in [0, 0.05) is 44.8 Å². The molecule has 0 unspecified atom stereocenters. The third-order valence-electron chi connectivity index (χ3n) is 5.30. The Labute approximate surface area is 185 Å². The molecule has 1 heterocycles. The zero-order valence-electron chi connectivity index (χ0n) is 18.9. The van der Waals surface area contributed by atoms with Crippen molar-refractivity contribution >= 4 is 11.6 Å². The van der Waals surface area contributed by atoms with Crippen LogP contribution in [0.4, 0.5) is 5.69 Å². The van der Waals surface area contributed by atoms with Gasteiger partial charge in [0.1, 0.15) is 18.1 Å². The number of nitrogens with zero attached hydrogens (tertiary/aromatic N) is 4. The molecule has 0 spiro atoms. The minimum Gasteiger partial charge on any atom is -0.506 e. The molecule has 1 aliphatic heterocycles. The molecule has 0 aliphatic carbocycles. The van der Waals surface area contributed by atoms with Crippen LogP contribution in [0.25, 0.3) is 0 Å². The lowest BCUT2D eigenvalue weighted by Gasteiger charge is -2.37. The average Bonchev–Trinajstić information content (AvgIpc) is 2.78. The molecular formula is C24H35N5O2. The molecule has 168 valence electrons. The molecule has 2 aromatic rings. The fourth-order valence-corrected chi connectivity index (χ4v) is 3.59. The number of benzene rings is 2. The number of phenols is 1. The first-order valence-corrected chi connectivity index (χ1v) is 11.0. The molecule has 0 atom stereocenters. The lowest BCUT2D eigenvalue weighted by atomic mass is 10.2. The molecule has 2 N–H and O–H groups in total. The molecule has 0 radical (unpaired) electrons. The van der Waals surface area contributed by atoms with Crippen molar-refractivity contribution in [2.45, 2.75) is 13.5 Å². The van der Waals surface area contributed by atoms with E-state index < -0.39 is 0 Å². The predicted octanol–water partition coefficient (Wildman–Crippen LogP) is 2.62. The lowest BCUT2D eigenvalue weighted by Crippen LogP contribution is -2.52. The standard InChI is InChI=1S/C24H35N5O2/c1-4-25-24(26-19-20-9-5-8-12-23(20)31-18-17-27(2)3)29-15-13-28(14-16-29)21-10-6-7-11-22(21)30/h5-12,30H,4,13-19H2,1-3H3,(H,25,26). The van der Waals surface area contributed by atoms with E-state index in [0.717, 1.165) is 62.2 Å². The monoisotopic (exact) mass is 425 g/mol. The van der Waals surface area contributed by atoms with Crippen LogP contribution in [0.15, 0.2) is 53.5 Å². The van der Waals surface area contributed by atoms with Gasteiger partial charge in [0.15, 0.2) is 5.96 Å². The summed E-state index contributed by atoms with van der Waals surface area (Å²) < 4.78 is 5.98. The van der Waals surface area contributed by atoms with Crippen molar-refractivity contribution < 1.29 is 9.84 Å². The summed E-state index contributed by atoms with van der Waals surface area (Å²) in [5.41, 5.74) is 1.98. The number of ether oxygens (including phenoxy) is 1. The zero-order chi connectivity index (χ0) is 22.1. The van der Waals surface area contributed by atoms with Crippen LogP contribution in [0, 0.1) is 0 Å². The second-order valence-corrected chi connectivity index (χ2v) is 7.89. The zero-order valence-corrected chi connectivity index (χ0v) is 18.9. The van der Waals surface area contributed by atoms with Crippen LogP contribution >= 0.6 is 0 Å². The van der Waals surface area contributed by atoms with E-state index in [1.807, 2.05) is 50.5 Å². The van der Waals surface area contributed by atoms with Gasteiger partial charge >= 0.3 is 0 Å². The van der Waals surface area contributed by atoms with Gasteiger partial charge in [0.05, 0.1) is 12.2 Å². The molecule has 1 saturated heterocycles. The molecule has 1 fully saturated rings. The quantitative estimate of drug-likeness (QED) is 0.501. The summed E-state index contributed by atoms with van der Waals surface area (Å²) in [6, 6.07) is 15.6. The Bertz CT molecular complexity index is 847. The SMILES string of the molecule is CCNC(=NCc1ccccc1OCCN(C)C)N1CCN(c2ccccc2O)CC1. The summed E-state index contributed by atoms with van der Waals surface area (Å²) >= 11 is 0. The van der Waals surface area contributed by atoms with Gasteiger partial charge in [0.25, 0.3) is 0 Å². The highest BCUT2D eigenvalue weighted by atomic mass is 16.5. The van der Waals surface area contributed by atoms with E-state index in [0.29, 0.717) is 18.9 Å². The summed E-state index contributed by atoms with van der Waals surface area (Å²) in [5, 5.41) is 13.6. The van der Waals surface area contributed by atoms with Crippen LogP contribution < -0.4 is 15.0 Å². The van der Waals surface area contributed by atoms with Crippen molar-refractivity contribution in [1.82, 2.24) is 15.1 Å². The number of nitrogens with one attached hydrogen (secondary N) is 1. The maximum Gasteiger partial charge on any atom is 0.194 e. The number of piperazine rings is 1. The highest BCUT2D eigenvalue weighted by Crippen LogP contribution is 2.27. The molecule has 31 heavy (non-hydrogen) atoms. The summed E-state index contributed by atoms with van der Waals surface area (Å²) in [4.78, 5) is 11.5. The number of aromatic hydroxyl groups is 1. The molecule has 0 bridgehead atoms. The van der Waals surface area contributed by atoms with E-state index in [1.54, 1.807) is 6.07 Å². The van der Waals surface area contributed by atoms with Gasteiger partial charge in [-0.3, -0.25) is 0 Å². The van der Waals surface area contributed by atoms with Crippen LogP contribution in [0.3, 0.4) is 0 Å². The van der Waals surface area contributed by atoms with Gasteiger partial charge in [-0.25, -0.2) is 4.99 Å². The minimum atomic E-state index is 0.336. The number of hydrogen-bond acceptors (Lipinski definition) is 5. The van der Waals surface area contributed by atoms with Crippen molar-refractivity contribution in [3.63, 3.8) is 0 Å². The lowest BCUT2D eigenvalue weighted by molar-refractivity contribution is 0.259. The van der Waals surface area contributed by atoms with Gasteiger partial charge in [-0.1, -0.05) is 30.3 Å². The molecule has 0 amide bonds. The first kappa shape index (κ1) is 22.7. The van der Waals surface area contributed by atoms with Crippen LogP contribution in [-0.2, 0) is 6.54 Å². The average molecular weight is 426 g/mol. The molecule has 3 rings (SSSR count). The van der Waals surface area contributed by atoms with Gasteiger partial charge < -0.3 is 29.9 Å². The first-order valence-electron chi connectivity index (χ1n) is 11.0. The van der Waals surface area contributed by atoms with E-state index in [-0.39, 0.29) is 0 Å².